The number of aromatic nitrogens is 4. The number of tetrazole rings is 1. The van der Waals surface area contributed by atoms with Crippen LogP contribution in [0.5, 0.6) is 5.75 Å². The number of nitrogens with zero attached hydrogens (tertiary/aromatic N) is 5. The van der Waals surface area contributed by atoms with Crippen molar-refractivity contribution in [3.05, 3.63) is 65.7 Å². The normalized spacial score (nSPS) is 15.0. The number of carbonyl (C=O) groups is 1. The molecule has 1 amide bonds. The topological polar surface area (TPSA) is 82.4 Å². The molecule has 0 N–H and O–H groups in total. The quantitative estimate of drug-likeness (QED) is 0.538. The lowest BCUT2D eigenvalue weighted by molar-refractivity contribution is -0.134. The molecule has 1 fully saturated rings. The van der Waals surface area contributed by atoms with E-state index in [2.05, 4.69) is 15.5 Å². The van der Waals surface area contributed by atoms with Crippen molar-refractivity contribution in [3.63, 3.8) is 0 Å². The van der Waals surface area contributed by atoms with Crippen LogP contribution in [0, 0.1) is 0 Å². The Hall–Kier alpha value is -2.91. The zero-order valence-electron chi connectivity index (χ0n) is 16.7. The van der Waals surface area contributed by atoms with Crippen LogP contribution in [0.4, 0.5) is 0 Å². The summed E-state index contributed by atoms with van der Waals surface area (Å²) in [6.45, 7) is 2.83. The third kappa shape index (κ3) is 4.80. The molecule has 1 aromatic heterocycles. The van der Waals surface area contributed by atoms with Crippen LogP contribution >= 0.6 is 11.8 Å². The first-order chi connectivity index (χ1) is 14.7. The van der Waals surface area contributed by atoms with Crippen molar-refractivity contribution in [2.24, 2.45) is 0 Å². The van der Waals surface area contributed by atoms with Crippen molar-refractivity contribution in [1.29, 1.82) is 0 Å². The predicted octanol–water partition coefficient (Wildman–Crippen LogP) is 2.42. The van der Waals surface area contributed by atoms with Crippen LogP contribution in [0.25, 0.3) is 0 Å². The molecule has 0 radical (unpaired) electrons. The van der Waals surface area contributed by atoms with Gasteiger partial charge in [0.15, 0.2) is 0 Å². The lowest BCUT2D eigenvalue weighted by Gasteiger charge is -2.30. The molecule has 0 aliphatic carbocycles. The van der Waals surface area contributed by atoms with Crippen LogP contribution in [-0.4, -0.2) is 64.4 Å². The van der Waals surface area contributed by atoms with Gasteiger partial charge in [-0.05, 0) is 33.7 Å². The van der Waals surface area contributed by atoms with E-state index in [0.29, 0.717) is 38.0 Å². The van der Waals surface area contributed by atoms with Gasteiger partial charge in [0.1, 0.15) is 11.0 Å². The zero-order valence-corrected chi connectivity index (χ0v) is 17.5. The Kier molecular flexibility index (Phi) is 6.60. The highest BCUT2D eigenvalue weighted by molar-refractivity contribution is 8.00. The number of hydrogen-bond donors (Lipinski definition) is 0. The molecule has 1 aliphatic heterocycles. The molecule has 0 spiro atoms. The van der Waals surface area contributed by atoms with Crippen molar-refractivity contribution in [2.75, 3.05) is 33.4 Å². The number of benzene rings is 2. The number of thioether (sulfide) groups is 1. The number of ether oxygens (including phenoxy) is 2. The number of amides is 1. The minimum Gasteiger partial charge on any atom is -0.497 e. The van der Waals surface area contributed by atoms with Crippen LogP contribution < -0.4 is 4.74 Å². The molecule has 1 aliphatic rings. The summed E-state index contributed by atoms with van der Waals surface area (Å²) in [6, 6.07) is 17.5. The van der Waals surface area contributed by atoms with Gasteiger partial charge in [0.2, 0.25) is 11.1 Å². The van der Waals surface area contributed by atoms with Crippen LogP contribution in [0.2, 0.25) is 0 Å². The molecule has 0 saturated carbocycles. The second-order valence-electron chi connectivity index (χ2n) is 6.81. The van der Waals surface area contributed by atoms with Crippen molar-refractivity contribution >= 4 is 17.7 Å². The lowest BCUT2D eigenvalue weighted by atomic mass is 10.1. The number of rotatable bonds is 7. The van der Waals surface area contributed by atoms with E-state index < -0.39 is 5.25 Å². The molecule has 9 heteroatoms. The highest BCUT2D eigenvalue weighted by Gasteiger charge is 2.30. The summed E-state index contributed by atoms with van der Waals surface area (Å²) < 4.78 is 12.3. The molecule has 2 heterocycles. The number of carbonyl (C=O) groups excluding carboxylic acids is 1. The first kappa shape index (κ1) is 20.4. The number of morpholine rings is 1. The van der Waals surface area contributed by atoms with E-state index in [0.717, 1.165) is 16.9 Å². The van der Waals surface area contributed by atoms with Crippen molar-refractivity contribution < 1.29 is 14.3 Å². The molecule has 156 valence electrons. The van der Waals surface area contributed by atoms with E-state index in [9.17, 15) is 4.79 Å². The maximum Gasteiger partial charge on any atom is 0.240 e. The SMILES string of the molecule is COc1ccc(Cn2nnnc2S[C@@H](C(=O)N2CCOCC2)c2ccccc2)cc1. The maximum atomic E-state index is 13.3. The van der Waals surface area contributed by atoms with Crippen LogP contribution in [-0.2, 0) is 16.1 Å². The van der Waals surface area contributed by atoms with E-state index in [1.165, 1.54) is 11.8 Å². The molecule has 2 aromatic carbocycles. The van der Waals surface area contributed by atoms with Crippen LogP contribution in [0.15, 0.2) is 59.8 Å². The van der Waals surface area contributed by atoms with Crippen LogP contribution in [0.1, 0.15) is 16.4 Å². The Morgan fingerprint density at radius 3 is 2.57 bits per heavy atom. The first-order valence-electron chi connectivity index (χ1n) is 9.72. The molecular formula is C21H23N5O3S. The molecule has 8 nitrogen and oxygen atoms in total. The van der Waals surface area contributed by atoms with Gasteiger partial charge < -0.3 is 14.4 Å². The third-order valence-corrected chi connectivity index (χ3v) is 6.08. The number of hydrogen-bond acceptors (Lipinski definition) is 7. The van der Waals surface area contributed by atoms with Crippen LogP contribution in [0.3, 0.4) is 0 Å². The minimum absolute atomic E-state index is 0.0495. The Labute approximate surface area is 179 Å². The summed E-state index contributed by atoms with van der Waals surface area (Å²) in [7, 11) is 1.64. The van der Waals surface area contributed by atoms with E-state index >= 15 is 0 Å². The second kappa shape index (κ2) is 9.73. The molecule has 0 unspecified atom stereocenters. The predicted molar refractivity (Wildman–Crippen MR) is 112 cm³/mol. The molecular weight excluding hydrogens is 402 g/mol. The van der Waals surface area contributed by atoms with E-state index in [-0.39, 0.29) is 5.91 Å². The Bertz CT molecular complexity index is 958. The molecule has 30 heavy (non-hydrogen) atoms. The van der Waals surface area contributed by atoms with E-state index in [4.69, 9.17) is 9.47 Å². The summed E-state index contributed by atoms with van der Waals surface area (Å²) in [6.07, 6.45) is 0. The molecule has 3 aromatic rings. The van der Waals surface area contributed by atoms with Gasteiger partial charge in [-0.2, -0.15) is 0 Å². The Morgan fingerprint density at radius 2 is 1.87 bits per heavy atom. The Morgan fingerprint density at radius 1 is 1.13 bits per heavy atom. The number of methoxy groups -OCH3 is 1. The van der Waals surface area contributed by atoms with Gasteiger partial charge in [-0.15, -0.1) is 5.10 Å². The van der Waals surface area contributed by atoms with E-state index in [1.807, 2.05) is 59.5 Å². The summed E-state index contributed by atoms with van der Waals surface area (Å²) >= 11 is 1.37. The monoisotopic (exact) mass is 425 g/mol. The molecule has 4 rings (SSSR count). The summed E-state index contributed by atoms with van der Waals surface area (Å²) in [4.78, 5) is 15.2. The molecule has 1 saturated heterocycles. The van der Waals surface area contributed by atoms with Gasteiger partial charge in [0.05, 0.1) is 26.9 Å². The fraction of sp³-hybridized carbons (Fsp3) is 0.333. The first-order valence-corrected chi connectivity index (χ1v) is 10.6. The summed E-state index contributed by atoms with van der Waals surface area (Å²) in [5.41, 5.74) is 1.97. The minimum atomic E-state index is -0.426. The van der Waals surface area contributed by atoms with Gasteiger partial charge in [-0.25, -0.2) is 4.68 Å². The maximum absolute atomic E-state index is 13.3. The fourth-order valence-corrected chi connectivity index (χ4v) is 4.29. The average Bonchev–Trinajstić information content (AvgIpc) is 3.25. The summed E-state index contributed by atoms with van der Waals surface area (Å²) in [5.74, 6) is 0.846. The summed E-state index contributed by atoms with van der Waals surface area (Å²) in [5, 5.41) is 12.3. The van der Waals surface area contributed by atoms with Crippen molar-refractivity contribution in [3.8, 4) is 5.75 Å². The van der Waals surface area contributed by atoms with Crippen molar-refractivity contribution in [2.45, 2.75) is 17.0 Å². The van der Waals surface area contributed by atoms with Gasteiger partial charge in [0, 0.05) is 13.1 Å². The molecule has 0 bridgehead atoms. The van der Waals surface area contributed by atoms with E-state index in [1.54, 1.807) is 11.8 Å². The standard InChI is InChI=1S/C21H23N5O3S/c1-28-18-9-7-16(8-10-18)15-26-21(22-23-24-26)30-19(17-5-3-2-4-6-17)20(27)25-11-13-29-14-12-25/h2-10,19H,11-15H2,1H3/t19-/m1/s1. The smallest absolute Gasteiger partial charge is 0.240 e. The van der Waals surface area contributed by atoms with Gasteiger partial charge in [-0.1, -0.05) is 54.2 Å². The lowest BCUT2D eigenvalue weighted by Crippen LogP contribution is -2.42. The Balaban J connectivity index is 1.56. The third-order valence-electron chi connectivity index (χ3n) is 4.86. The average molecular weight is 426 g/mol. The molecule has 1 atom stereocenters. The highest BCUT2D eigenvalue weighted by Crippen LogP contribution is 2.35. The van der Waals surface area contributed by atoms with Gasteiger partial charge >= 0.3 is 0 Å². The van der Waals surface area contributed by atoms with Crippen molar-refractivity contribution in [1.82, 2.24) is 25.1 Å². The zero-order chi connectivity index (χ0) is 20.8. The van der Waals surface area contributed by atoms with Gasteiger partial charge in [0.25, 0.3) is 0 Å². The second-order valence-corrected chi connectivity index (χ2v) is 7.89. The highest BCUT2D eigenvalue weighted by atomic mass is 32.2. The largest absolute Gasteiger partial charge is 0.497 e. The van der Waals surface area contributed by atoms with Gasteiger partial charge in [-0.3, -0.25) is 4.79 Å². The fourth-order valence-electron chi connectivity index (χ4n) is 3.23.